The molecule has 0 bridgehead atoms. The summed E-state index contributed by atoms with van der Waals surface area (Å²) in [7, 11) is 1.62. The summed E-state index contributed by atoms with van der Waals surface area (Å²) < 4.78 is 34.0. The first-order valence-corrected chi connectivity index (χ1v) is 33.4. The number of halogens is 1. The lowest BCUT2D eigenvalue weighted by atomic mass is 9.83. The number of ether oxygens (including phenoxy) is 6. The lowest BCUT2D eigenvalue weighted by Gasteiger charge is -2.39. The third-order valence-electron chi connectivity index (χ3n) is 18.1. The number of piperazine rings is 1. The zero-order chi connectivity index (χ0) is 64.5. The molecule has 1 aliphatic carbocycles. The Labute approximate surface area is 545 Å². The van der Waals surface area contributed by atoms with Crippen molar-refractivity contribution in [2.45, 2.75) is 108 Å². The van der Waals surface area contributed by atoms with Gasteiger partial charge in [-0.15, -0.1) is 0 Å². The Morgan fingerprint density at radius 2 is 1.49 bits per heavy atom. The highest BCUT2D eigenvalue weighted by atomic mass is 35.5. The van der Waals surface area contributed by atoms with Crippen molar-refractivity contribution < 1.29 is 52.4 Å². The Bertz CT molecular complexity index is 3130. The maximum Gasteiger partial charge on any atom is 0.251 e. The van der Waals surface area contributed by atoms with E-state index in [0.29, 0.717) is 147 Å². The number of hydrogen-bond donors (Lipinski definition) is 6. The monoisotopic (exact) mass is 1290 g/mol. The minimum Gasteiger partial charge on any atom is -0.497 e. The highest BCUT2D eigenvalue weighted by molar-refractivity contribution is 6.30. The molecule has 3 atom stereocenters. The number of likely N-dealkylation sites (tertiary alicyclic amines) is 1. The lowest BCUT2D eigenvalue weighted by molar-refractivity contribution is -0.134. The largest absolute Gasteiger partial charge is 0.497 e. The molecule has 4 fully saturated rings. The molecule has 5 amide bonds. The van der Waals surface area contributed by atoms with E-state index in [-0.39, 0.29) is 60.4 Å². The molecule has 3 aromatic carbocycles. The molecule has 2 aromatic heterocycles. The number of rotatable bonds is 34. The van der Waals surface area contributed by atoms with Crippen LogP contribution >= 0.6 is 11.6 Å². The van der Waals surface area contributed by atoms with Crippen molar-refractivity contribution in [3.63, 3.8) is 0 Å². The third kappa shape index (κ3) is 20.3. The van der Waals surface area contributed by atoms with Crippen LogP contribution in [0, 0.1) is 5.92 Å². The molecule has 92 heavy (non-hydrogen) atoms. The third-order valence-corrected chi connectivity index (χ3v) is 18.4. The SMILES string of the molecule is CCOc1cc(OC)ccc1CNCC(=O)N1CCCC(c2cccc(C(=O)N[C@@H](C(=O)NCCOCCOCCOCCOCCC(=O)N3CCN(CC[C@H](NC(=O)C4(N)CCN(c5ncnc6[nH]ccc56)CC4)c4ccc(Cl)cc4)CC3)C3CCCCC3)c2)C1. The summed E-state index contributed by atoms with van der Waals surface area (Å²) in [5.74, 6) is 1.79. The van der Waals surface area contributed by atoms with Gasteiger partial charge in [-0.2, -0.15) is 0 Å². The average molecular weight is 1290 g/mol. The summed E-state index contributed by atoms with van der Waals surface area (Å²) in [4.78, 5) is 88.4. The first-order valence-electron chi connectivity index (χ1n) is 33.0. The minimum atomic E-state index is -1.03. The number of piperidine rings is 2. The normalized spacial score (nSPS) is 17.9. The van der Waals surface area contributed by atoms with Gasteiger partial charge in [0, 0.05) is 106 Å². The summed E-state index contributed by atoms with van der Waals surface area (Å²) in [6, 6.07) is 21.9. The number of H-pyrrole nitrogens is 1. The molecule has 500 valence electrons. The molecule has 24 heteroatoms. The molecule has 23 nitrogen and oxygen atoms in total. The van der Waals surface area contributed by atoms with E-state index in [1.807, 2.05) is 89.7 Å². The van der Waals surface area contributed by atoms with Crippen LogP contribution in [0.5, 0.6) is 11.5 Å². The fourth-order valence-corrected chi connectivity index (χ4v) is 12.9. The predicted molar refractivity (Wildman–Crippen MR) is 352 cm³/mol. The molecule has 3 aliphatic heterocycles. The standard InChI is InChI=1S/C68H95ClN12O11/c1-3-92-59-44-56(87-2)19-16-53(59)45-71-46-61(83)81-27-8-13-54(47-81)51-11-7-12-52(43-51)65(84)77-62(50-9-5-4-6-10-50)66(85)73-26-36-89-38-40-91-42-41-90-39-37-88-35-22-60(82)79-33-31-78(32-34-79)28-21-58(49-14-17-55(69)18-15-49)76-67(86)68(70)23-29-80(30-24-68)64-57-20-25-72-63(57)74-48-75-64/h7,11-12,14-20,25,43-44,48,50,54,58,62,71H,3-6,8-10,13,21-24,26-42,45-47,70H2,1-2H3,(H,73,85)(H,76,86)(H,77,84)(H,72,74,75)/t54?,58-,62+/m0/s1. The van der Waals surface area contributed by atoms with Crippen LogP contribution in [0.2, 0.25) is 5.02 Å². The maximum atomic E-state index is 14.0. The highest BCUT2D eigenvalue weighted by Crippen LogP contribution is 2.32. The number of nitrogens with zero attached hydrogens (tertiary/aromatic N) is 6. The van der Waals surface area contributed by atoms with Gasteiger partial charge in [-0.1, -0.05) is 61.2 Å². The molecule has 1 saturated carbocycles. The summed E-state index contributed by atoms with van der Waals surface area (Å²) in [6.07, 6.45) is 11.9. The van der Waals surface area contributed by atoms with Gasteiger partial charge in [0.25, 0.3) is 5.91 Å². The number of fused-ring (bicyclic) bond motifs is 1. The van der Waals surface area contributed by atoms with Crippen molar-refractivity contribution in [3.05, 3.63) is 113 Å². The van der Waals surface area contributed by atoms with Gasteiger partial charge in [-0.05, 0) is 105 Å². The van der Waals surface area contributed by atoms with E-state index in [1.54, 1.807) is 19.5 Å². The molecule has 3 saturated heterocycles. The van der Waals surface area contributed by atoms with Crippen molar-refractivity contribution in [1.29, 1.82) is 0 Å². The second kappa shape index (κ2) is 35.9. The molecule has 5 heterocycles. The van der Waals surface area contributed by atoms with E-state index in [4.69, 9.17) is 45.8 Å². The van der Waals surface area contributed by atoms with E-state index < -0.39 is 11.6 Å². The molecule has 4 aliphatic rings. The summed E-state index contributed by atoms with van der Waals surface area (Å²) in [6.45, 7) is 12.0. The number of amides is 5. The van der Waals surface area contributed by atoms with Gasteiger partial charge < -0.3 is 75.1 Å². The van der Waals surface area contributed by atoms with Gasteiger partial charge in [0.2, 0.25) is 23.6 Å². The summed E-state index contributed by atoms with van der Waals surface area (Å²) in [5, 5.41) is 14.3. The zero-order valence-electron chi connectivity index (χ0n) is 53.6. The minimum absolute atomic E-state index is 0.0255. The number of aromatic nitrogens is 3. The number of aromatic amines is 1. The Kier molecular flexibility index (Phi) is 27.1. The van der Waals surface area contributed by atoms with Crippen molar-refractivity contribution in [2.75, 3.05) is 143 Å². The van der Waals surface area contributed by atoms with Gasteiger partial charge in [0.05, 0.1) is 96.5 Å². The molecule has 0 spiro atoms. The topological polar surface area (TPSA) is 269 Å². The van der Waals surface area contributed by atoms with E-state index in [1.165, 1.54) is 0 Å². The number of carbonyl (C=O) groups excluding carboxylic acids is 5. The number of nitrogens with one attached hydrogen (secondary N) is 5. The van der Waals surface area contributed by atoms with Crippen LogP contribution in [0.4, 0.5) is 5.82 Å². The van der Waals surface area contributed by atoms with Crippen LogP contribution in [-0.2, 0) is 44.7 Å². The van der Waals surface area contributed by atoms with Gasteiger partial charge in [-0.3, -0.25) is 28.9 Å². The first kappa shape index (κ1) is 69.4. The average Bonchev–Trinajstić information content (AvgIpc) is 1.55. The molecule has 7 N–H and O–H groups in total. The number of hydrogen-bond acceptors (Lipinski definition) is 17. The quantitative estimate of drug-likeness (QED) is 0.0252. The Morgan fingerprint density at radius 1 is 0.761 bits per heavy atom. The summed E-state index contributed by atoms with van der Waals surface area (Å²) >= 11 is 6.26. The Hall–Kier alpha value is -6.96. The first-order chi connectivity index (χ1) is 44.9. The van der Waals surface area contributed by atoms with Crippen LogP contribution in [0.1, 0.15) is 117 Å². The second-order valence-electron chi connectivity index (χ2n) is 24.3. The van der Waals surface area contributed by atoms with Crippen molar-refractivity contribution in [2.24, 2.45) is 11.7 Å². The summed E-state index contributed by atoms with van der Waals surface area (Å²) in [5.41, 5.74) is 10.00. The van der Waals surface area contributed by atoms with Crippen molar-refractivity contribution in [1.82, 2.24) is 50.9 Å². The number of benzene rings is 3. The molecular formula is C68H95ClN12O11. The van der Waals surface area contributed by atoms with Crippen molar-refractivity contribution in [3.8, 4) is 11.5 Å². The zero-order valence-corrected chi connectivity index (χ0v) is 54.4. The highest BCUT2D eigenvalue weighted by Gasteiger charge is 2.40. The number of anilines is 1. The fourth-order valence-electron chi connectivity index (χ4n) is 12.8. The van der Waals surface area contributed by atoms with Crippen LogP contribution in [-0.4, -0.2) is 209 Å². The van der Waals surface area contributed by atoms with Crippen LogP contribution in [0.3, 0.4) is 0 Å². The maximum absolute atomic E-state index is 14.0. The van der Waals surface area contributed by atoms with E-state index in [9.17, 15) is 24.0 Å². The molecule has 9 rings (SSSR count). The van der Waals surface area contributed by atoms with Gasteiger partial charge >= 0.3 is 0 Å². The second-order valence-corrected chi connectivity index (χ2v) is 24.8. The Balaban J connectivity index is 0.594. The molecular weight excluding hydrogens is 1200 g/mol. The molecule has 5 aromatic rings. The lowest BCUT2D eigenvalue weighted by Crippen LogP contribution is -2.60. The number of carbonyl (C=O) groups is 5. The van der Waals surface area contributed by atoms with Crippen molar-refractivity contribution >= 4 is 58.0 Å². The van der Waals surface area contributed by atoms with Crippen LogP contribution in [0.25, 0.3) is 11.0 Å². The van der Waals surface area contributed by atoms with E-state index in [0.717, 1.165) is 104 Å². The molecule has 0 radical (unpaired) electrons. The smallest absolute Gasteiger partial charge is 0.251 e. The van der Waals surface area contributed by atoms with E-state index in [2.05, 4.69) is 46.0 Å². The number of nitrogens with two attached hydrogens (primary N) is 1. The van der Waals surface area contributed by atoms with Gasteiger partial charge in [-0.25, -0.2) is 9.97 Å². The predicted octanol–water partition coefficient (Wildman–Crippen LogP) is 6.16. The van der Waals surface area contributed by atoms with Gasteiger partial charge in [0.1, 0.15) is 35.3 Å². The van der Waals surface area contributed by atoms with Gasteiger partial charge in [0.15, 0.2) is 0 Å². The number of methoxy groups -OCH3 is 1. The van der Waals surface area contributed by atoms with Crippen LogP contribution in [0.15, 0.2) is 85.3 Å². The van der Waals surface area contributed by atoms with Crippen LogP contribution < -0.4 is 41.4 Å². The fraction of sp³-hybridized carbons (Fsp3) is 0.574. The van der Waals surface area contributed by atoms with E-state index >= 15 is 0 Å². The Morgan fingerprint density at radius 3 is 2.22 bits per heavy atom. The molecule has 1 unspecified atom stereocenters.